The van der Waals surface area contributed by atoms with Crippen molar-refractivity contribution in [3.05, 3.63) is 33.7 Å². The molecule has 0 spiro atoms. The molecule has 0 aliphatic heterocycles. The number of ether oxygens (including phenoxy) is 1. The number of rotatable bonds is 2. The molecular formula is C11H10BrNOS. The molecule has 0 bridgehead atoms. The van der Waals surface area contributed by atoms with Crippen molar-refractivity contribution < 1.29 is 4.74 Å². The van der Waals surface area contributed by atoms with Crippen molar-refractivity contribution in [1.29, 1.82) is 0 Å². The number of aryl methyl sites for hydroxylation is 1. The summed E-state index contributed by atoms with van der Waals surface area (Å²) in [4.78, 5) is 5.62. The van der Waals surface area contributed by atoms with Crippen molar-refractivity contribution in [2.45, 2.75) is 6.92 Å². The van der Waals surface area contributed by atoms with Crippen LogP contribution in [0.5, 0.6) is 5.75 Å². The van der Waals surface area contributed by atoms with Gasteiger partial charge in [-0.1, -0.05) is 12.1 Å². The van der Waals surface area contributed by atoms with Gasteiger partial charge >= 0.3 is 0 Å². The number of hydrogen-bond donors (Lipinski definition) is 0. The Balaban J connectivity index is 2.44. The topological polar surface area (TPSA) is 22.1 Å². The smallest absolute Gasteiger partial charge is 0.125 e. The quantitative estimate of drug-likeness (QED) is 0.834. The molecule has 1 heterocycles. The molecule has 0 saturated heterocycles. The fourth-order valence-electron chi connectivity index (χ4n) is 1.26. The summed E-state index contributed by atoms with van der Waals surface area (Å²) in [5, 5.41) is 1.01. The van der Waals surface area contributed by atoms with E-state index in [4.69, 9.17) is 4.74 Å². The first-order valence-corrected chi connectivity index (χ1v) is 6.09. The molecule has 78 valence electrons. The van der Waals surface area contributed by atoms with Crippen molar-refractivity contribution >= 4 is 27.3 Å². The van der Waals surface area contributed by atoms with E-state index in [9.17, 15) is 0 Å². The predicted molar refractivity (Wildman–Crippen MR) is 66.5 cm³/mol. The minimum absolute atomic E-state index is 0.858. The van der Waals surface area contributed by atoms with Crippen molar-refractivity contribution in [2.24, 2.45) is 0 Å². The lowest BCUT2D eigenvalue weighted by Gasteiger charge is -2.00. The van der Waals surface area contributed by atoms with Gasteiger partial charge in [0.05, 0.1) is 7.11 Å². The fraction of sp³-hybridized carbons (Fsp3) is 0.182. The van der Waals surface area contributed by atoms with Crippen LogP contribution in [0.15, 0.2) is 28.9 Å². The largest absolute Gasteiger partial charge is 0.497 e. The molecule has 2 aromatic rings. The van der Waals surface area contributed by atoms with Gasteiger partial charge in [-0.25, -0.2) is 4.98 Å². The molecule has 0 aliphatic rings. The molecule has 1 aromatic heterocycles. The summed E-state index contributed by atoms with van der Waals surface area (Å²) in [6.45, 7) is 2.05. The minimum atomic E-state index is 0.858. The van der Waals surface area contributed by atoms with E-state index in [1.807, 2.05) is 31.2 Å². The molecule has 0 saturated carbocycles. The maximum atomic E-state index is 5.18. The predicted octanol–water partition coefficient (Wildman–Crippen LogP) is 3.89. The zero-order valence-corrected chi connectivity index (χ0v) is 10.9. The van der Waals surface area contributed by atoms with Crippen LogP contribution in [-0.4, -0.2) is 12.1 Å². The minimum Gasteiger partial charge on any atom is -0.497 e. The summed E-state index contributed by atoms with van der Waals surface area (Å²) in [5.74, 6) is 0.858. The molecule has 0 N–H and O–H groups in total. The number of halogens is 1. The van der Waals surface area contributed by atoms with Crippen LogP contribution >= 0.6 is 27.3 Å². The van der Waals surface area contributed by atoms with Gasteiger partial charge in [-0.2, -0.15) is 0 Å². The Morgan fingerprint density at radius 1 is 1.40 bits per heavy atom. The number of benzene rings is 1. The maximum absolute atomic E-state index is 5.18. The molecule has 0 fully saturated rings. The lowest BCUT2D eigenvalue weighted by molar-refractivity contribution is 0.415. The second kappa shape index (κ2) is 4.33. The first-order chi connectivity index (χ1) is 7.20. The van der Waals surface area contributed by atoms with Gasteiger partial charge < -0.3 is 4.74 Å². The Hall–Kier alpha value is -0.870. The molecule has 0 atom stereocenters. The number of aromatic nitrogens is 1. The summed E-state index contributed by atoms with van der Waals surface area (Å²) in [7, 11) is 1.67. The van der Waals surface area contributed by atoms with Crippen molar-refractivity contribution in [3.8, 4) is 16.3 Å². The van der Waals surface area contributed by atoms with Gasteiger partial charge in [0.25, 0.3) is 0 Å². The van der Waals surface area contributed by atoms with E-state index < -0.39 is 0 Å². The Labute approximate surface area is 101 Å². The van der Waals surface area contributed by atoms with Crippen molar-refractivity contribution in [2.75, 3.05) is 7.11 Å². The molecular weight excluding hydrogens is 274 g/mol. The number of thiazole rings is 1. The van der Waals surface area contributed by atoms with Gasteiger partial charge in [-0.15, -0.1) is 11.3 Å². The Kier molecular flexibility index (Phi) is 3.07. The average Bonchev–Trinajstić information content (AvgIpc) is 2.59. The third-order valence-corrected chi connectivity index (χ3v) is 4.11. The summed E-state index contributed by atoms with van der Waals surface area (Å²) in [6, 6.07) is 7.93. The van der Waals surface area contributed by atoms with Gasteiger partial charge in [0.15, 0.2) is 0 Å². The highest BCUT2D eigenvalue weighted by molar-refractivity contribution is 9.10. The summed E-state index contributed by atoms with van der Waals surface area (Å²) in [6.07, 6.45) is 0. The Bertz CT molecular complexity index is 462. The van der Waals surface area contributed by atoms with E-state index in [-0.39, 0.29) is 0 Å². The van der Waals surface area contributed by atoms with E-state index in [1.54, 1.807) is 18.4 Å². The zero-order chi connectivity index (χ0) is 10.8. The highest BCUT2D eigenvalue weighted by Gasteiger charge is 2.07. The lowest BCUT2D eigenvalue weighted by atomic mass is 10.2. The lowest BCUT2D eigenvalue weighted by Crippen LogP contribution is -1.82. The number of hydrogen-bond acceptors (Lipinski definition) is 3. The Morgan fingerprint density at radius 2 is 2.20 bits per heavy atom. The van der Waals surface area contributed by atoms with E-state index in [0.29, 0.717) is 0 Å². The van der Waals surface area contributed by atoms with E-state index >= 15 is 0 Å². The van der Waals surface area contributed by atoms with E-state index in [1.165, 1.54) is 4.88 Å². The fourth-order valence-corrected chi connectivity index (χ4v) is 2.60. The van der Waals surface area contributed by atoms with Crippen LogP contribution < -0.4 is 4.74 Å². The molecule has 2 nitrogen and oxygen atoms in total. The molecule has 4 heteroatoms. The van der Waals surface area contributed by atoms with E-state index in [0.717, 1.165) is 20.9 Å². The number of nitrogens with zero attached hydrogens (tertiary/aromatic N) is 1. The van der Waals surface area contributed by atoms with Gasteiger partial charge in [-0.05, 0) is 35.0 Å². The number of methoxy groups -OCH3 is 1. The first-order valence-electron chi connectivity index (χ1n) is 4.48. The van der Waals surface area contributed by atoms with Gasteiger partial charge in [0.1, 0.15) is 15.4 Å². The summed E-state index contributed by atoms with van der Waals surface area (Å²) < 4.78 is 6.10. The molecule has 2 rings (SSSR count). The monoisotopic (exact) mass is 283 g/mol. The third-order valence-electron chi connectivity index (χ3n) is 2.06. The van der Waals surface area contributed by atoms with Crippen LogP contribution in [0.4, 0.5) is 0 Å². The standard InChI is InChI=1S/C11H10BrNOS/c1-7-10(12)13-11(15-7)8-4-3-5-9(6-8)14-2/h3-6H,1-2H3. The molecule has 15 heavy (non-hydrogen) atoms. The second-order valence-corrected chi connectivity index (χ2v) is 5.05. The van der Waals surface area contributed by atoms with Gasteiger partial charge in [0.2, 0.25) is 0 Å². The van der Waals surface area contributed by atoms with Crippen molar-refractivity contribution in [1.82, 2.24) is 4.98 Å². The average molecular weight is 284 g/mol. The summed E-state index contributed by atoms with van der Waals surface area (Å²) >= 11 is 5.09. The molecule has 1 aromatic carbocycles. The van der Waals surface area contributed by atoms with E-state index in [2.05, 4.69) is 20.9 Å². The van der Waals surface area contributed by atoms with Crippen LogP contribution in [0.3, 0.4) is 0 Å². The van der Waals surface area contributed by atoms with Crippen LogP contribution in [0.25, 0.3) is 10.6 Å². The van der Waals surface area contributed by atoms with Crippen molar-refractivity contribution in [3.63, 3.8) is 0 Å². The maximum Gasteiger partial charge on any atom is 0.125 e. The normalized spacial score (nSPS) is 10.3. The highest BCUT2D eigenvalue weighted by Crippen LogP contribution is 2.31. The SMILES string of the molecule is COc1cccc(-c2nc(Br)c(C)s2)c1. The molecule has 0 unspecified atom stereocenters. The Morgan fingerprint density at radius 3 is 2.80 bits per heavy atom. The van der Waals surface area contributed by atoms with Crippen LogP contribution in [-0.2, 0) is 0 Å². The van der Waals surface area contributed by atoms with Crippen LogP contribution in [0.1, 0.15) is 4.88 Å². The van der Waals surface area contributed by atoms with Crippen LogP contribution in [0, 0.1) is 6.92 Å². The second-order valence-electron chi connectivity index (χ2n) is 3.10. The molecule has 0 aliphatic carbocycles. The zero-order valence-electron chi connectivity index (χ0n) is 8.45. The first kappa shape index (κ1) is 10.6. The third kappa shape index (κ3) is 2.21. The highest BCUT2D eigenvalue weighted by atomic mass is 79.9. The molecule has 0 radical (unpaired) electrons. The summed E-state index contributed by atoms with van der Waals surface area (Å²) in [5.41, 5.74) is 1.09. The van der Waals surface area contributed by atoms with Gasteiger partial charge in [-0.3, -0.25) is 0 Å². The molecule has 0 amide bonds. The van der Waals surface area contributed by atoms with Gasteiger partial charge in [0, 0.05) is 10.4 Å². The van der Waals surface area contributed by atoms with Crippen LogP contribution in [0.2, 0.25) is 0 Å².